The first-order valence-corrected chi connectivity index (χ1v) is 3.70. The van der Waals surface area contributed by atoms with E-state index in [0.717, 1.165) is 4.73 Å². The number of rotatable bonds is 1. The Morgan fingerprint density at radius 1 is 1.60 bits per heavy atom. The quantitative estimate of drug-likeness (QED) is 0.835. The number of aromatic amines is 1. The predicted octanol–water partition coefficient (Wildman–Crippen LogP) is 2.87. The second-order valence-electron chi connectivity index (χ2n) is 2.28. The maximum Gasteiger partial charge on any atom is 0.174 e. The lowest BCUT2D eigenvalue weighted by Gasteiger charge is -1.96. The molecule has 0 atom stereocenters. The Hall–Kier alpha value is 0.170. The van der Waals surface area contributed by atoms with Gasteiger partial charge in [0.25, 0.3) is 0 Å². The minimum absolute atomic E-state index is 0. The van der Waals surface area contributed by atoms with Crippen molar-refractivity contribution < 1.29 is 0 Å². The molecule has 0 aromatic carbocycles. The van der Waals surface area contributed by atoms with Gasteiger partial charge in [-0.05, 0) is 21.8 Å². The molecule has 0 aliphatic heterocycles. The lowest BCUT2D eigenvalue weighted by atomic mass is 10.2. The fraction of sp³-hybridized carbons (Fsp3) is 0.500. The maximum atomic E-state index is 4.00. The van der Waals surface area contributed by atoms with Crippen LogP contribution in [0.5, 0.6) is 0 Å². The number of imidazole rings is 1. The monoisotopic (exact) mass is 268 g/mol. The van der Waals surface area contributed by atoms with E-state index in [1.54, 1.807) is 0 Å². The van der Waals surface area contributed by atoms with E-state index < -0.39 is 0 Å². The normalized spacial score (nSPS) is 9.60. The summed E-state index contributed by atoms with van der Waals surface area (Å²) >= 11 is 3.23. The molecule has 2 nitrogen and oxygen atoms in total. The van der Waals surface area contributed by atoms with E-state index in [4.69, 9.17) is 0 Å². The zero-order chi connectivity index (χ0) is 6.85. The van der Waals surface area contributed by atoms with Gasteiger partial charge in [0.05, 0.1) is 0 Å². The molecular formula is C6H10Br2N2. The number of aromatic nitrogens is 2. The van der Waals surface area contributed by atoms with E-state index in [9.17, 15) is 0 Å². The molecule has 0 bridgehead atoms. The van der Waals surface area contributed by atoms with Crippen molar-refractivity contribution >= 4 is 32.9 Å². The maximum absolute atomic E-state index is 4.00. The number of halogens is 2. The molecule has 0 saturated heterocycles. The molecule has 58 valence electrons. The summed E-state index contributed by atoms with van der Waals surface area (Å²) in [6.07, 6.45) is 1.84. The van der Waals surface area contributed by atoms with Gasteiger partial charge in [-0.15, -0.1) is 17.0 Å². The number of H-pyrrole nitrogens is 1. The summed E-state index contributed by atoms with van der Waals surface area (Å²) in [5.41, 5.74) is 1.17. The predicted molar refractivity (Wildman–Crippen MR) is 50.7 cm³/mol. The van der Waals surface area contributed by atoms with Crippen LogP contribution in [0.15, 0.2) is 10.9 Å². The number of hydrogen-bond donors (Lipinski definition) is 1. The van der Waals surface area contributed by atoms with Crippen molar-refractivity contribution in [3.05, 3.63) is 16.6 Å². The molecule has 0 spiro atoms. The molecule has 0 unspecified atom stereocenters. The highest BCUT2D eigenvalue weighted by molar-refractivity contribution is 9.10. The van der Waals surface area contributed by atoms with Crippen LogP contribution in [-0.4, -0.2) is 9.97 Å². The summed E-state index contributed by atoms with van der Waals surface area (Å²) in [6.45, 7) is 4.25. The third-order valence-electron chi connectivity index (χ3n) is 1.19. The first kappa shape index (κ1) is 10.2. The molecule has 10 heavy (non-hydrogen) atoms. The standard InChI is InChI=1S/C6H9BrN2.BrH/c1-4(2)5-3-8-6(7)9-5;/h3-4H,1-2H3,(H,8,9);1H. The highest BCUT2D eigenvalue weighted by atomic mass is 79.9. The van der Waals surface area contributed by atoms with Gasteiger partial charge < -0.3 is 4.98 Å². The van der Waals surface area contributed by atoms with Crippen LogP contribution in [-0.2, 0) is 0 Å². The third kappa shape index (κ3) is 2.42. The lowest BCUT2D eigenvalue weighted by Crippen LogP contribution is -1.84. The van der Waals surface area contributed by atoms with Crippen LogP contribution in [0.2, 0.25) is 0 Å². The van der Waals surface area contributed by atoms with Gasteiger partial charge in [-0.2, -0.15) is 0 Å². The van der Waals surface area contributed by atoms with E-state index in [1.165, 1.54) is 5.69 Å². The molecule has 1 rings (SSSR count). The van der Waals surface area contributed by atoms with Crippen molar-refractivity contribution in [3.8, 4) is 0 Å². The van der Waals surface area contributed by atoms with Crippen molar-refractivity contribution in [2.75, 3.05) is 0 Å². The van der Waals surface area contributed by atoms with Crippen LogP contribution in [0, 0.1) is 0 Å². The Kier molecular flexibility index (Phi) is 4.20. The van der Waals surface area contributed by atoms with E-state index in [-0.39, 0.29) is 17.0 Å². The highest BCUT2D eigenvalue weighted by Gasteiger charge is 2.00. The summed E-state index contributed by atoms with van der Waals surface area (Å²) in [4.78, 5) is 7.08. The second-order valence-corrected chi connectivity index (χ2v) is 3.04. The third-order valence-corrected chi connectivity index (χ3v) is 1.59. The fourth-order valence-electron chi connectivity index (χ4n) is 0.603. The molecule has 0 fully saturated rings. The fourth-order valence-corrected chi connectivity index (χ4v) is 0.935. The summed E-state index contributed by atoms with van der Waals surface area (Å²) in [5, 5.41) is 0. The second kappa shape index (κ2) is 4.13. The Morgan fingerprint density at radius 3 is 2.40 bits per heavy atom. The van der Waals surface area contributed by atoms with Crippen molar-refractivity contribution in [1.29, 1.82) is 0 Å². The average Bonchev–Trinajstić information content (AvgIpc) is 2.14. The van der Waals surface area contributed by atoms with Crippen LogP contribution >= 0.6 is 32.9 Å². The van der Waals surface area contributed by atoms with Gasteiger partial charge in [0.2, 0.25) is 0 Å². The van der Waals surface area contributed by atoms with Gasteiger partial charge in [0.15, 0.2) is 4.73 Å². The Morgan fingerprint density at radius 2 is 2.20 bits per heavy atom. The summed E-state index contributed by atoms with van der Waals surface area (Å²) in [6, 6.07) is 0. The van der Waals surface area contributed by atoms with Crippen LogP contribution in [0.25, 0.3) is 0 Å². The SMILES string of the molecule is Br.CC(C)c1cnc(Br)[nH]1. The van der Waals surface area contributed by atoms with E-state index in [0.29, 0.717) is 5.92 Å². The molecule has 1 heterocycles. The summed E-state index contributed by atoms with van der Waals surface area (Å²) < 4.78 is 0.811. The van der Waals surface area contributed by atoms with Gasteiger partial charge in [-0.3, -0.25) is 0 Å². The minimum atomic E-state index is 0. The van der Waals surface area contributed by atoms with Crippen LogP contribution in [0.1, 0.15) is 25.5 Å². The molecule has 0 aliphatic rings. The largest absolute Gasteiger partial charge is 0.336 e. The Bertz CT molecular complexity index is 195. The van der Waals surface area contributed by atoms with Crippen molar-refractivity contribution in [1.82, 2.24) is 9.97 Å². The van der Waals surface area contributed by atoms with Gasteiger partial charge in [0, 0.05) is 11.9 Å². The molecule has 0 saturated carbocycles. The van der Waals surface area contributed by atoms with Crippen molar-refractivity contribution in [3.63, 3.8) is 0 Å². The molecule has 1 aromatic rings. The smallest absolute Gasteiger partial charge is 0.174 e. The minimum Gasteiger partial charge on any atom is -0.336 e. The van der Waals surface area contributed by atoms with E-state index >= 15 is 0 Å². The molecule has 1 N–H and O–H groups in total. The summed E-state index contributed by atoms with van der Waals surface area (Å²) in [5.74, 6) is 0.531. The van der Waals surface area contributed by atoms with E-state index in [1.807, 2.05) is 6.20 Å². The first-order chi connectivity index (χ1) is 4.20. The molecule has 4 heteroatoms. The molecule has 0 aliphatic carbocycles. The number of hydrogen-bond acceptors (Lipinski definition) is 1. The highest BCUT2D eigenvalue weighted by Crippen LogP contribution is 2.12. The van der Waals surface area contributed by atoms with Crippen molar-refractivity contribution in [2.45, 2.75) is 19.8 Å². The zero-order valence-electron chi connectivity index (χ0n) is 5.89. The summed E-state index contributed by atoms with van der Waals surface area (Å²) in [7, 11) is 0. The topological polar surface area (TPSA) is 28.7 Å². The van der Waals surface area contributed by atoms with Gasteiger partial charge in [0.1, 0.15) is 0 Å². The Labute approximate surface area is 79.3 Å². The molecular weight excluding hydrogens is 260 g/mol. The van der Waals surface area contributed by atoms with Crippen molar-refractivity contribution in [2.24, 2.45) is 0 Å². The Balaban J connectivity index is 0.000000810. The lowest BCUT2D eigenvalue weighted by molar-refractivity contribution is 0.830. The molecule has 0 radical (unpaired) electrons. The van der Waals surface area contributed by atoms with E-state index in [2.05, 4.69) is 39.7 Å². The van der Waals surface area contributed by atoms with Gasteiger partial charge >= 0.3 is 0 Å². The number of nitrogens with one attached hydrogen (secondary N) is 1. The van der Waals surface area contributed by atoms with Crippen LogP contribution in [0.4, 0.5) is 0 Å². The number of nitrogens with zero attached hydrogens (tertiary/aromatic N) is 1. The molecule has 1 aromatic heterocycles. The first-order valence-electron chi connectivity index (χ1n) is 2.90. The van der Waals surface area contributed by atoms with Crippen LogP contribution < -0.4 is 0 Å². The molecule has 0 amide bonds. The zero-order valence-corrected chi connectivity index (χ0v) is 9.19. The van der Waals surface area contributed by atoms with Crippen LogP contribution in [0.3, 0.4) is 0 Å². The average molecular weight is 270 g/mol. The van der Waals surface area contributed by atoms with Gasteiger partial charge in [-0.25, -0.2) is 4.98 Å². The van der Waals surface area contributed by atoms with Gasteiger partial charge in [-0.1, -0.05) is 13.8 Å².